The van der Waals surface area contributed by atoms with Crippen LogP contribution in [-0.4, -0.2) is 37.0 Å². The van der Waals surface area contributed by atoms with E-state index in [1.165, 1.54) is 11.1 Å². The smallest absolute Gasteiger partial charge is 0.227 e. The van der Waals surface area contributed by atoms with E-state index in [0.717, 1.165) is 50.3 Å². The summed E-state index contributed by atoms with van der Waals surface area (Å²) < 4.78 is 5.24. The van der Waals surface area contributed by atoms with Crippen LogP contribution in [0.3, 0.4) is 0 Å². The highest BCUT2D eigenvalue weighted by Gasteiger charge is 2.28. The molecule has 3 rings (SSSR count). The fourth-order valence-electron chi connectivity index (χ4n) is 3.92. The molecular formula is C24H32N2O2. The highest BCUT2D eigenvalue weighted by Crippen LogP contribution is 2.26. The van der Waals surface area contributed by atoms with Crippen LogP contribution in [0.25, 0.3) is 0 Å². The largest absolute Gasteiger partial charge is 0.497 e. The van der Waals surface area contributed by atoms with E-state index in [2.05, 4.69) is 60.0 Å². The summed E-state index contributed by atoms with van der Waals surface area (Å²) in [6.07, 6.45) is 3.52. The summed E-state index contributed by atoms with van der Waals surface area (Å²) in [5, 5.41) is 0. The maximum Gasteiger partial charge on any atom is 0.227 e. The van der Waals surface area contributed by atoms with Crippen LogP contribution in [0, 0.1) is 6.92 Å². The summed E-state index contributed by atoms with van der Waals surface area (Å²) >= 11 is 0. The Morgan fingerprint density at radius 1 is 1.07 bits per heavy atom. The quantitative estimate of drug-likeness (QED) is 0.692. The lowest BCUT2D eigenvalue weighted by Crippen LogP contribution is -2.47. The molecule has 0 saturated carbocycles. The van der Waals surface area contributed by atoms with E-state index >= 15 is 0 Å². The number of piperidine rings is 1. The van der Waals surface area contributed by atoms with Crippen molar-refractivity contribution in [1.29, 1.82) is 0 Å². The van der Waals surface area contributed by atoms with Gasteiger partial charge in [0.25, 0.3) is 0 Å². The van der Waals surface area contributed by atoms with E-state index in [0.29, 0.717) is 6.42 Å². The van der Waals surface area contributed by atoms with Gasteiger partial charge >= 0.3 is 0 Å². The minimum atomic E-state index is 0.250. The molecule has 0 aromatic heterocycles. The molecule has 1 aliphatic rings. The molecule has 4 heteroatoms. The van der Waals surface area contributed by atoms with Gasteiger partial charge in [-0.3, -0.25) is 9.69 Å². The Kier molecular flexibility index (Phi) is 7.10. The van der Waals surface area contributed by atoms with Gasteiger partial charge in [0.2, 0.25) is 5.91 Å². The third-order valence-corrected chi connectivity index (χ3v) is 5.53. The van der Waals surface area contributed by atoms with Gasteiger partial charge in [-0.2, -0.15) is 0 Å². The van der Waals surface area contributed by atoms with E-state index < -0.39 is 0 Å². The third-order valence-electron chi connectivity index (χ3n) is 5.53. The first-order valence-electron chi connectivity index (χ1n) is 10.3. The number of likely N-dealkylation sites (tertiary alicyclic amines) is 1. The van der Waals surface area contributed by atoms with Gasteiger partial charge in [-0.15, -0.1) is 0 Å². The summed E-state index contributed by atoms with van der Waals surface area (Å²) in [6, 6.07) is 17.0. The second kappa shape index (κ2) is 9.74. The Balaban J connectivity index is 1.64. The Morgan fingerprint density at radius 3 is 2.29 bits per heavy atom. The molecule has 0 N–H and O–H groups in total. The standard InChI is InChI=1S/C24H32N2O2/c1-4-5-24(27)26(21-10-6-19(2)7-11-21)22-14-16-25(17-15-22)18-20-8-12-23(28-3)13-9-20/h6-13,22H,4-5,14-18H2,1-3H3. The zero-order chi connectivity index (χ0) is 19.9. The van der Waals surface area contributed by atoms with Crippen molar-refractivity contribution in [3.05, 3.63) is 59.7 Å². The molecule has 150 valence electrons. The van der Waals surface area contributed by atoms with Gasteiger partial charge in [0.15, 0.2) is 0 Å². The van der Waals surface area contributed by atoms with Crippen molar-refractivity contribution in [3.8, 4) is 5.75 Å². The van der Waals surface area contributed by atoms with Crippen LogP contribution in [-0.2, 0) is 11.3 Å². The van der Waals surface area contributed by atoms with Gasteiger partial charge in [-0.25, -0.2) is 0 Å². The number of carbonyl (C=O) groups is 1. The van der Waals surface area contributed by atoms with Crippen LogP contribution in [0.5, 0.6) is 5.75 Å². The average molecular weight is 381 g/mol. The monoisotopic (exact) mass is 380 g/mol. The van der Waals surface area contributed by atoms with Gasteiger partial charge in [-0.1, -0.05) is 36.8 Å². The Morgan fingerprint density at radius 2 is 1.71 bits per heavy atom. The van der Waals surface area contributed by atoms with Gasteiger partial charge in [0.05, 0.1) is 7.11 Å². The third kappa shape index (κ3) is 5.14. The summed E-state index contributed by atoms with van der Waals surface area (Å²) in [5.41, 5.74) is 3.57. The molecule has 4 nitrogen and oxygen atoms in total. The SMILES string of the molecule is CCCC(=O)N(c1ccc(C)cc1)C1CCN(Cc2ccc(OC)cc2)CC1. The van der Waals surface area contributed by atoms with Crippen LogP contribution in [0.1, 0.15) is 43.7 Å². The number of methoxy groups -OCH3 is 1. The van der Waals surface area contributed by atoms with Gasteiger partial charge in [0, 0.05) is 37.8 Å². The van der Waals surface area contributed by atoms with Crippen molar-refractivity contribution in [1.82, 2.24) is 4.90 Å². The molecule has 0 aliphatic carbocycles. The molecular weight excluding hydrogens is 348 g/mol. The molecule has 1 aliphatic heterocycles. The number of benzene rings is 2. The fourth-order valence-corrected chi connectivity index (χ4v) is 3.92. The van der Waals surface area contributed by atoms with Crippen molar-refractivity contribution in [2.24, 2.45) is 0 Å². The number of carbonyl (C=O) groups excluding carboxylic acids is 1. The van der Waals surface area contributed by atoms with Crippen LogP contribution < -0.4 is 9.64 Å². The number of ether oxygens (including phenoxy) is 1. The second-order valence-corrected chi connectivity index (χ2v) is 7.70. The number of hydrogen-bond donors (Lipinski definition) is 0. The van der Waals surface area contributed by atoms with Crippen LogP contribution >= 0.6 is 0 Å². The van der Waals surface area contributed by atoms with E-state index in [-0.39, 0.29) is 11.9 Å². The fraction of sp³-hybridized carbons (Fsp3) is 0.458. The van der Waals surface area contributed by atoms with E-state index in [4.69, 9.17) is 4.74 Å². The maximum absolute atomic E-state index is 12.9. The molecule has 1 heterocycles. The van der Waals surface area contributed by atoms with Crippen LogP contribution in [0.2, 0.25) is 0 Å². The number of hydrogen-bond acceptors (Lipinski definition) is 3. The first kappa shape index (κ1) is 20.4. The summed E-state index contributed by atoms with van der Waals surface area (Å²) in [6.45, 7) is 7.13. The second-order valence-electron chi connectivity index (χ2n) is 7.70. The minimum Gasteiger partial charge on any atom is -0.497 e. The summed E-state index contributed by atoms with van der Waals surface area (Å²) in [7, 11) is 1.69. The van der Waals surface area contributed by atoms with Gasteiger partial charge < -0.3 is 9.64 Å². The first-order valence-corrected chi connectivity index (χ1v) is 10.3. The predicted octanol–water partition coefficient (Wildman–Crippen LogP) is 4.80. The molecule has 0 radical (unpaired) electrons. The number of nitrogens with zero attached hydrogens (tertiary/aromatic N) is 2. The van der Waals surface area contributed by atoms with Crippen molar-refractivity contribution >= 4 is 11.6 Å². The zero-order valence-corrected chi connectivity index (χ0v) is 17.4. The van der Waals surface area contributed by atoms with Crippen LogP contribution in [0.15, 0.2) is 48.5 Å². The predicted molar refractivity (Wildman–Crippen MR) is 115 cm³/mol. The zero-order valence-electron chi connectivity index (χ0n) is 17.4. The molecule has 1 amide bonds. The van der Waals surface area contributed by atoms with E-state index in [1.807, 2.05) is 12.1 Å². The van der Waals surface area contributed by atoms with Crippen molar-refractivity contribution < 1.29 is 9.53 Å². The average Bonchev–Trinajstić information content (AvgIpc) is 2.72. The Hall–Kier alpha value is -2.33. The molecule has 0 bridgehead atoms. The molecule has 0 spiro atoms. The first-order chi connectivity index (χ1) is 13.6. The highest BCUT2D eigenvalue weighted by atomic mass is 16.5. The number of amides is 1. The topological polar surface area (TPSA) is 32.8 Å². The Labute approximate surface area is 169 Å². The summed E-state index contributed by atoms with van der Waals surface area (Å²) in [4.78, 5) is 17.4. The lowest BCUT2D eigenvalue weighted by molar-refractivity contribution is -0.119. The highest BCUT2D eigenvalue weighted by molar-refractivity contribution is 5.94. The normalized spacial score (nSPS) is 15.4. The number of rotatable bonds is 7. The molecule has 2 aromatic rings. The van der Waals surface area contributed by atoms with Gasteiger partial charge in [0.1, 0.15) is 5.75 Å². The molecule has 2 aromatic carbocycles. The minimum absolute atomic E-state index is 0.250. The maximum atomic E-state index is 12.9. The van der Waals surface area contributed by atoms with Crippen molar-refractivity contribution in [2.75, 3.05) is 25.1 Å². The summed E-state index contributed by atoms with van der Waals surface area (Å²) in [5.74, 6) is 1.14. The van der Waals surface area contributed by atoms with E-state index in [9.17, 15) is 4.79 Å². The Bertz CT molecular complexity index is 747. The van der Waals surface area contributed by atoms with E-state index in [1.54, 1.807) is 7.11 Å². The van der Waals surface area contributed by atoms with Crippen LogP contribution in [0.4, 0.5) is 5.69 Å². The lowest BCUT2D eigenvalue weighted by Gasteiger charge is -2.38. The molecule has 1 saturated heterocycles. The molecule has 0 unspecified atom stereocenters. The van der Waals surface area contributed by atoms with Crippen molar-refractivity contribution in [2.45, 2.75) is 52.1 Å². The molecule has 28 heavy (non-hydrogen) atoms. The molecule has 0 atom stereocenters. The lowest BCUT2D eigenvalue weighted by atomic mass is 10.0. The number of anilines is 1. The van der Waals surface area contributed by atoms with Gasteiger partial charge in [-0.05, 0) is 56.0 Å². The van der Waals surface area contributed by atoms with Crippen molar-refractivity contribution in [3.63, 3.8) is 0 Å². The number of aryl methyl sites for hydroxylation is 1. The molecule has 1 fully saturated rings.